The van der Waals surface area contributed by atoms with E-state index in [2.05, 4.69) is 198 Å². The number of nitrogens with zero attached hydrogens (tertiary/aromatic N) is 4. The van der Waals surface area contributed by atoms with E-state index in [1.54, 1.807) is 0 Å². The number of nitrogens with one attached hydrogen (secondary N) is 1. The van der Waals surface area contributed by atoms with E-state index in [0.29, 0.717) is 0 Å². The van der Waals surface area contributed by atoms with Crippen LogP contribution in [0, 0.1) is 0 Å². The van der Waals surface area contributed by atoms with Gasteiger partial charge in [0.25, 0.3) is 0 Å². The lowest BCUT2D eigenvalue weighted by Gasteiger charge is -2.22. The first-order valence-electron chi connectivity index (χ1n) is 22.4. The quantitative estimate of drug-likeness (QED) is 0.174. The monoisotopic (exact) mass is 835 g/mol. The third kappa shape index (κ3) is 6.61. The largest absolute Gasteiger partial charge is 0.456 e. The van der Waals surface area contributed by atoms with Gasteiger partial charge in [0.15, 0.2) is 5.82 Å². The SMILES string of the molecule is C1=C(/c2ccccc2)NC(c2ccccc2)=NC(c2cccc3oc4ccc(-c5ccc6c(c5)c5ccccc5n6-c5cc(-c6ccccc6)nc(-c6ccc7c(c6)C7)n5)cc4c23)CC/1. The molecule has 8 aromatic carbocycles. The second-order valence-electron chi connectivity index (χ2n) is 17.1. The molecule has 1 N–H and O–H groups in total. The van der Waals surface area contributed by atoms with Gasteiger partial charge in [-0.25, -0.2) is 9.97 Å². The van der Waals surface area contributed by atoms with E-state index in [0.717, 1.165) is 125 Å². The molecule has 1 aliphatic carbocycles. The smallest absolute Gasteiger partial charge is 0.162 e. The van der Waals surface area contributed by atoms with Gasteiger partial charge in [0, 0.05) is 50.0 Å². The van der Waals surface area contributed by atoms with Crippen LogP contribution < -0.4 is 5.32 Å². The Hall–Kier alpha value is -8.35. The summed E-state index contributed by atoms with van der Waals surface area (Å²) in [6, 6.07) is 68.5. The van der Waals surface area contributed by atoms with E-state index in [1.807, 2.05) is 12.1 Å². The fourth-order valence-electron chi connectivity index (χ4n) is 9.77. The average molecular weight is 836 g/mol. The minimum absolute atomic E-state index is 0.0969. The van der Waals surface area contributed by atoms with Gasteiger partial charge < -0.3 is 9.73 Å². The van der Waals surface area contributed by atoms with Crippen LogP contribution in [0.2, 0.25) is 0 Å². The number of para-hydroxylation sites is 1. The molecule has 0 saturated heterocycles. The molecule has 6 nitrogen and oxygen atoms in total. The second-order valence-corrected chi connectivity index (χ2v) is 17.1. The van der Waals surface area contributed by atoms with E-state index in [4.69, 9.17) is 19.4 Å². The average Bonchev–Trinajstić information content (AvgIpc) is 3.94. The number of hydrogen-bond donors (Lipinski definition) is 1. The first kappa shape index (κ1) is 37.2. The minimum atomic E-state index is -0.0969. The number of rotatable bonds is 7. The third-order valence-electron chi connectivity index (χ3n) is 13.1. The van der Waals surface area contributed by atoms with Crippen molar-refractivity contribution in [1.82, 2.24) is 19.9 Å². The van der Waals surface area contributed by atoms with Crippen LogP contribution in [0.3, 0.4) is 0 Å². The molecule has 3 aromatic heterocycles. The number of benzene rings is 8. The van der Waals surface area contributed by atoms with Crippen molar-refractivity contribution in [1.29, 1.82) is 0 Å². The van der Waals surface area contributed by atoms with Gasteiger partial charge in [-0.1, -0.05) is 152 Å². The van der Waals surface area contributed by atoms with Crippen LogP contribution in [0.15, 0.2) is 210 Å². The summed E-state index contributed by atoms with van der Waals surface area (Å²) < 4.78 is 8.90. The molecule has 4 heterocycles. The van der Waals surface area contributed by atoms with Crippen LogP contribution in [-0.2, 0) is 6.42 Å². The molecule has 308 valence electrons. The summed E-state index contributed by atoms with van der Waals surface area (Å²) in [6.45, 7) is 0. The highest BCUT2D eigenvalue weighted by atomic mass is 16.3. The molecular formula is C59H41N5O. The Labute approximate surface area is 375 Å². The van der Waals surface area contributed by atoms with Crippen molar-refractivity contribution in [3.05, 3.63) is 228 Å². The molecule has 0 amide bonds. The van der Waals surface area contributed by atoms with Crippen LogP contribution in [0.5, 0.6) is 0 Å². The highest BCUT2D eigenvalue weighted by Gasteiger charge is 2.24. The molecule has 1 unspecified atom stereocenters. The van der Waals surface area contributed by atoms with Crippen LogP contribution in [0.1, 0.15) is 46.7 Å². The zero-order valence-electron chi connectivity index (χ0n) is 35.4. The van der Waals surface area contributed by atoms with Crippen molar-refractivity contribution in [2.45, 2.75) is 25.3 Å². The fourth-order valence-corrected chi connectivity index (χ4v) is 9.77. The van der Waals surface area contributed by atoms with Gasteiger partial charge in [-0.05, 0) is 95.1 Å². The van der Waals surface area contributed by atoms with E-state index in [-0.39, 0.29) is 6.04 Å². The lowest BCUT2D eigenvalue weighted by Crippen LogP contribution is -2.25. The predicted molar refractivity (Wildman–Crippen MR) is 265 cm³/mol. The van der Waals surface area contributed by atoms with Gasteiger partial charge in [0.05, 0.1) is 22.8 Å². The van der Waals surface area contributed by atoms with Gasteiger partial charge >= 0.3 is 0 Å². The highest BCUT2D eigenvalue weighted by molar-refractivity contribution is 6.12. The molecule has 0 radical (unpaired) electrons. The standard InChI is InChI=1S/C59H41N5O/c1-4-14-37(15-5-1)49-22-13-23-50(61-58(60-49)39-18-8-3-9-19-39)46-21-12-25-55-57(46)48-35-42(29-31-54(48)65-55)41-28-30-53-47(34-41)45-20-10-11-24-52(45)64(53)56-36-51(38-16-6-2-7-17-38)62-59(63-56)43-27-26-40-32-44(40)33-43/h1-12,14-22,24-31,33-36,50H,13,23,32H2,(H,60,61)/b49-22-. The molecule has 1 atom stereocenters. The summed E-state index contributed by atoms with van der Waals surface area (Å²) in [5, 5.41) is 8.27. The number of allylic oxidation sites excluding steroid dienone is 1. The molecule has 65 heavy (non-hydrogen) atoms. The molecule has 0 fully saturated rings. The summed E-state index contributed by atoms with van der Waals surface area (Å²) >= 11 is 0. The minimum Gasteiger partial charge on any atom is -0.456 e. The van der Waals surface area contributed by atoms with Crippen molar-refractivity contribution >= 4 is 55.3 Å². The summed E-state index contributed by atoms with van der Waals surface area (Å²) in [7, 11) is 0. The molecular weight excluding hydrogens is 795 g/mol. The molecule has 1 aliphatic heterocycles. The van der Waals surface area contributed by atoms with Crippen LogP contribution in [0.4, 0.5) is 0 Å². The number of furan rings is 1. The topological polar surface area (TPSA) is 68.2 Å². The fraction of sp³-hybridized carbons (Fsp3) is 0.0678. The molecule has 0 saturated carbocycles. The number of hydrogen-bond acceptors (Lipinski definition) is 5. The Balaban J connectivity index is 0.928. The van der Waals surface area contributed by atoms with E-state index in [1.165, 1.54) is 16.5 Å². The first-order valence-corrected chi connectivity index (χ1v) is 22.4. The highest BCUT2D eigenvalue weighted by Crippen LogP contribution is 2.41. The maximum atomic E-state index is 6.60. The second kappa shape index (κ2) is 15.2. The van der Waals surface area contributed by atoms with E-state index < -0.39 is 0 Å². The number of fused-ring (bicyclic) bond motifs is 7. The van der Waals surface area contributed by atoms with Gasteiger partial charge in [0.1, 0.15) is 22.8 Å². The Morgan fingerprint density at radius 3 is 2.03 bits per heavy atom. The molecule has 6 heteroatoms. The van der Waals surface area contributed by atoms with Gasteiger partial charge in [0.2, 0.25) is 0 Å². The van der Waals surface area contributed by atoms with Crippen molar-refractivity contribution in [2.24, 2.45) is 4.99 Å². The molecule has 2 aliphatic rings. The summed E-state index contributed by atoms with van der Waals surface area (Å²) in [5.41, 5.74) is 16.4. The Morgan fingerprint density at radius 2 is 1.22 bits per heavy atom. The van der Waals surface area contributed by atoms with E-state index in [9.17, 15) is 0 Å². The molecule has 0 bridgehead atoms. The lowest BCUT2D eigenvalue weighted by molar-refractivity contribution is 0.655. The maximum absolute atomic E-state index is 6.60. The van der Waals surface area contributed by atoms with Crippen LogP contribution in [0.25, 0.3) is 89.0 Å². The molecule has 11 aromatic rings. The van der Waals surface area contributed by atoms with Crippen molar-refractivity contribution in [3.8, 4) is 39.6 Å². The summed E-state index contributed by atoms with van der Waals surface area (Å²) in [4.78, 5) is 16.0. The van der Waals surface area contributed by atoms with Crippen LogP contribution in [-0.4, -0.2) is 20.4 Å². The number of aliphatic imine (C=N–C) groups is 1. The molecule has 0 spiro atoms. The number of amidine groups is 1. The maximum Gasteiger partial charge on any atom is 0.162 e. The molecule has 13 rings (SSSR count). The summed E-state index contributed by atoms with van der Waals surface area (Å²) in [5.74, 6) is 2.42. The Bertz CT molecular complexity index is 3710. The first-order chi connectivity index (χ1) is 32.2. The lowest BCUT2D eigenvalue weighted by atomic mass is 9.94. The van der Waals surface area contributed by atoms with Gasteiger partial charge in [-0.3, -0.25) is 9.56 Å². The normalized spacial score (nSPS) is 15.5. The van der Waals surface area contributed by atoms with Crippen molar-refractivity contribution in [3.63, 3.8) is 0 Å². The Morgan fingerprint density at radius 1 is 0.508 bits per heavy atom. The van der Waals surface area contributed by atoms with Crippen LogP contribution >= 0.6 is 0 Å². The predicted octanol–water partition coefficient (Wildman–Crippen LogP) is 14.3. The Kier molecular flexibility index (Phi) is 8.69. The zero-order valence-corrected chi connectivity index (χ0v) is 35.4. The number of aromatic nitrogens is 3. The summed E-state index contributed by atoms with van der Waals surface area (Å²) in [6.07, 6.45) is 5.09. The third-order valence-corrected chi connectivity index (χ3v) is 13.1. The van der Waals surface area contributed by atoms with Crippen molar-refractivity contribution in [2.75, 3.05) is 0 Å². The zero-order chi connectivity index (χ0) is 42.8. The van der Waals surface area contributed by atoms with Crippen molar-refractivity contribution < 1.29 is 4.42 Å². The van der Waals surface area contributed by atoms with Gasteiger partial charge in [-0.2, -0.15) is 0 Å². The van der Waals surface area contributed by atoms with Gasteiger partial charge in [-0.15, -0.1) is 0 Å². The van der Waals surface area contributed by atoms with E-state index >= 15 is 0 Å².